The van der Waals surface area contributed by atoms with Crippen molar-refractivity contribution in [2.75, 3.05) is 39.4 Å². The average molecular weight is 242 g/mol. The number of nitrogens with one attached hydrogen (secondary N) is 1. The summed E-state index contributed by atoms with van der Waals surface area (Å²) in [5.41, 5.74) is 0. The molecule has 1 fully saturated rings. The van der Waals surface area contributed by atoms with Crippen LogP contribution in [0.3, 0.4) is 0 Å². The van der Waals surface area contributed by atoms with Gasteiger partial charge < -0.3 is 15.0 Å². The Morgan fingerprint density at radius 3 is 2.82 bits per heavy atom. The first-order valence-electron chi connectivity index (χ1n) is 7.40. The van der Waals surface area contributed by atoms with Crippen molar-refractivity contribution in [2.45, 2.75) is 52.0 Å². The SMILES string of the molecule is CCCOCCCNC1CCCN(CC)CC1. The lowest BCUT2D eigenvalue weighted by atomic mass is 10.1. The first kappa shape index (κ1) is 14.9. The maximum Gasteiger partial charge on any atom is 0.0478 e. The molecule has 1 unspecified atom stereocenters. The van der Waals surface area contributed by atoms with Crippen LogP contribution in [0.4, 0.5) is 0 Å². The Morgan fingerprint density at radius 1 is 1.18 bits per heavy atom. The van der Waals surface area contributed by atoms with Crippen molar-refractivity contribution in [2.24, 2.45) is 0 Å². The third-order valence-electron chi connectivity index (χ3n) is 3.51. The molecule has 0 saturated carbocycles. The highest BCUT2D eigenvalue weighted by Gasteiger charge is 2.14. The molecule has 1 atom stereocenters. The van der Waals surface area contributed by atoms with E-state index in [1.807, 2.05) is 0 Å². The molecular formula is C14H30N2O. The van der Waals surface area contributed by atoms with E-state index in [2.05, 4.69) is 24.1 Å². The molecular weight excluding hydrogens is 212 g/mol. The van der Waals surface area contributed by atoms with Gasteiger partial charge in [0.25, 0.3) is 0 Å². The summed E-state index contributed by atoms with van der Waals surface area (Å²) in [5, 5.41) is 3.68. The van der Waals surface area contributed by atoms with Gasteiger partial charge in [-0.1, -0.05) is 13.8 Å². The molecule has 3 nitrogen and oxygen atoms in total. The van der Waals surface area contributed by atoms with Crippen LogP contribution in [0.15, 0.2) is 0 Å². The number of likely N-dealkylation sites (tertiary alicyclic amines) is 1. The fraction of sp³-hybridized carbons (Fsp3) is 1.00. The van der Waals surface area contributed by atoms with Gasteiger partial charge in [0.15, 0.2) is 0 Å². The van der Waals surface area contributed by atoms with Crippen LogP contribution in [-0.2, 0) is 4.74 Å². The van der Waals surface area contributed by atoms with E-state index in [9.17, 15) is 0 Å². The predicted octanol–water partition coefficient (Wildman–Crippen LogP) is 2.27. The normalized spacial score (nSPS) is 22.6. The van der Waals surface area contributed by atoms with Gasteiger partial charge in [0.1, 0.15) is 0 Å². The van der Waals surface area contributed by atoms with Crippen LogP contribution in [0.2, 0.25) is 0 Å². The maximum atomic E-state index is 5.48. The Balaban J connectivity index is 1.99. The van der Waals surface area contributed by atoms with Gasteiger partial charge >= 0.3 is 0 Å². The molecule has 0 aromatic heterocycles. The van der Waals surface area contributed by atoms with Crippen molar-refractivity contribution in [3.8, 4) is 0 Å². The average Bonchev–Trinajstić information content (AvgIpc) is 2.59. The summed E-state index contributed by atoms with van der Waals surface area (Å²) in [4.78, 5) is 2.56. The second-order valence-corrected chi connectivity index (χ2v) is 4.98. The number of hydrogen-bond donors (Lipinski definition) is 1. The lowest BCUT2D eigenvalue weighted by Gasteiger charge is -2.18. The summed E-state index contributed by atoms with van der Waals surface area (Å²) >= 11 is 0. The Labute approximate surface area is 107 Å². The Bertz CT molecular complexity index is 176. The highest BCUT2D eigenvalue weighted by molar-refractivity contribution is 4.74. The molecule has 0 bridgehead atoms. The number of hydrogen-bond acceptors (Lipinski definition) is 3. The predicted molar refractivity (Wildman–Crippen MR) is 73.5 cm³/mol. The Morgan fingerprint density at radius 2 is 2.06 bits per heavy atom. The molecule has 0 amide bonds. The van der Waals surface area contributed by atoms with E-state index in [1.54, 1.807) is 0 Å². The number of nitrogens with zero attached hydrogens (tertiary/aromatic N) is 1. The van der Waals surface area contributed by atoms with Crippen LogP contribution in [0.25, 0.3) is 0 Å². The maximum absolute atomic E-state index is 5.48. The first-order valence-corrected chi connectivity index (χ1v) is 7.40. The van der Waals surface area contributed by atoms with E-state index < -0.39 is 0 Å². The minimum absolute atomic E-state index is 0.734. The van der Waals surface area contributed by atoms with Crippen LogP contribution >= 0.6 is 0 Å². The zero-order valence-corrected chi connectivity index (χ0v) is 11.7. The van der Waals surface area contributed by atoms with Crippen LogP contribution in [0, 0.1) is 0 Å². The van der Waals surface area contributed by atoms with Gasteiger partial charge in [0.05, 0.1) is 0 Å². The summed E-state index contributed by atoms with van der Waals surface area (Å²) in [6, 6.07) is 0.734. The van der Waals surface area contributed by atoms with Crippen LogP contribution in [0.1, 0.15) is 46.0 Å². The summed E-state index contributed by atoms with van der Waals surface area (Å²) in [6.45, 7) is 11.1. The minimum Gasteiger partial charge on any atom is -0.381 e. The molecule has 3 heteroatoms. The molecule has 0 aliphatic carbocycles. The van der Waals surface area contributed by atoms with Crippen molar-refractivity contribution < 1.29 is 4.74 Å². The van der Waals surface area contributed by atoms with E-state index in [0.29, 0.717) is 0 Å². The van der Waals surface area contributed by atoms with Gasteiger partial charge in [-0.3, -0.25) is 0 Å². The molecule has 0 aromatic carbocycles. The molecule has 0 aromatic rings. The molecule has 1 rings (SSSR count). The third kappa shape index (κ3) is 7.02. The van der Waals surface area contributed by atoms with Crippen molar-refractivity contribution in [1.29, 1.82) is 0 Å². The van der Waals surface area contributed by atoms with Crippen molar-refractivity contribution in [3.63, 3.8) is 0 Å². The van der Waals surface area contributed by atoms with Crippen molar-refractivity contribution in [3.05, 3.63) is 0 Å². The van der Waals surface area contributed by atoms with Gasteiger partial charge in [-0.2, -0.15) is 0 Å². The molecule has 1 aliphatic heterocycles. The molecule has 1 saturated heterocycles. The molecule has 0 spiro atoms. The lowest BCUT2D eigenvalue weighted by molar-refractivity contribution is 0.131. The Kier molecular flexibility index (Phi) is 8.67. The van der Waals surface area contributed by atoms with E-state index in [4.69, 9.17) is 4.74 Å². The highest BCUT2D eigenvalue weighted by Crippen LogP contribution is 2.10. The van der Waals surface area contributed by atoms with Gasteiger partial charge in [-0.15, -0.1) is 0 Å². The fourth-order valence-electron chi connectivity index (χ4n) is 2.40. The summed E-state index contributed by atoms with van der Waals surface area (Å²) in [7, 11) is 0. The monoisotopic (exact) mass is 242 g/mol. The molecule has 102 valence electrons. The molecule has 1 aliphatic rings. The molecule has 17 heavy (non-hydrogen) atoms. The van der Waals surface area contributed by atoms with Gasteiger partial charge in [0, 0.05) is 19.3 Å². The van der Waals surface area contributed by atoms with E-state index in [-0.39, 0.29) is 0 Å². The van der Waals surface area contributed by atoms with E-state index in [1.165, 1.54) is 38.9 Å². The van der Waals surface area contributed by atoms with Gasteiger partial charge in [0.2, 0.25) is 0 Å². The minimum atomic E-state index is 0.734. The summed E-state index contributed by atoms with van der Waals surface area (Å²) in [5.74, 6) is 0. The quantitative estimate of drug-likeness (QED) is 0.661. The second kappa shape index (κ2) is 9.86. The van der Waals surface area contributed by atoms with E-state index >= 15 is 0 Å². The number of rotatable bonds is 8. The third-order valence-corrected chi connectivity index (χ3v) is 3.51. The zero-order chi connectivity index (χ0) is 12.3. The molecule has 0 radical (unpaired) electrons. The van der Waals surface area contributed by atoms with Crippen molar-refractivity contribution >= 4 is 0 Å². The van der Waals surface area contributed by atoms with Crippen LogP contribution in [-0.4, -0.2) is 50.3 Å². The summed E-state index contributed by atoms with van der Waals surface area (Å²) in [6.07, 6.45) is 6.27. The molecule has 1 N–H and O–H groups in total. The van der Waals surface area contributed by atoms with Gasteiger partial charge in [-0.25, -0.2) is 0 Å². The topological polar surface area (TPSA) is 24.5 Å². The smallest absolute Gasteiger partial charge is 0.0478 e. The highest BCUT2D eigenvalue weighted by atomic mass is 16.5. The van der Waals surface area contributed by atoms with Crippen LogP contribution in [0.5, 0.6) is 0 Å². The number of ether oxygens (including phenoxy) is 1. The lowest BCUT2D eigenvalue weighted by Crippen LogP contribution is -2.32. The Hall–Kier alpha value is -0.120. The van der Waals surface area contributed by atoms with Gasteiger partial charge in [-0.05, 0) is 58.3 Å². The second-order valence-electron chi connectivity index (χ2n) is 4.98. The van der Waals surface area contributed by atoms with Crippen molar-refractivity contribution in [1.82, 2.24) is 10.2 Å². The zero-order valence-electron chi connectivity index (χ0n) is 11.7. The molecule has 1 heterocycles. The fourth-order valence-corrected chi connectivity index (χ4v) is 2.40. The largest absolute Gasteiger partial charge is 0.381 e. The first-order chi connectivity index (χ1) is 8.36. The standard InChI is InChI=1S/C14H30N2O/c1-3-12-17-13-6-9-15-14-7-5-10-16(4-2)11-8-14/h14-15H,3-13H2,1-2H3. The summed E-state index contributed by atoms with van der Waals surface area (Å²) < 4.78 is 5.48. The van der Waals surface area contributed by atoms with E-state index in [0.717, 1.165) is 38.6 Å². The van der Waals surface area contributed by atoms with Crippen LogP contribution < -0.4 is 5.32 Å².